The van der Waals surface area contributed by atoms with Crippen LogP contribution in [-0.2, 0) is 6.42 Å². The van der Waals surface area contributed by atoms with Gasteiger partial charge in [-0.1, -0.05) is 29.8 Å². The fourth-order valence-corrected chi connectivity index (χ4v) is 3.26. The van der Waals surface area contributed by atoms with Crippen LogP contribution in [0.15, 0.2) is 36.9 Å². The zero-order chi connectivity index (χ0) is 15.1. The Bertz CT molecular complexity index is 421. The van der Waals surface area contributed by atoms with Gasteiger partial charge in [-0.15, -0.1) is 6.58 Å². The van der Waals surface area contributed by atoms with Crippen molar-refractivity contribution in [3.05, 3.63) is 47.5 Å². The smallest absolute Gasteiger partial charge is 0.0406 e. The van der Waals surface area contributed by atoms with Gasteiger partial charge in [-0.3, -0.25) is 4.90 Å². The summed E-state index contributed by atoms with van der Waals surface area (Å²) in [5, 5.41) is 4.20. The molecule has 1 fully saturated rings. The zero-order valence-electron chi connectivity index (χ0n) is 13.0. The molecule has 116 valence electrons. The number of nitrogens with zero attached hydrogens (tertiary/aromatic N) is 1. The normalized spacial score (nSPS) is 18.6. The average Bonchev–Trinajstić information content (AvgIpc) is 2.53. The van der Waals surface area contributed by atoms with E-state index in [1.54, 1.807) is 0 Å². The van der Waals surface area contributed by atoms with Crippen LogP contribution in [0.25, 0.3) is 0 Å². The van der Waals surface area contributed by atoms with Crippen molar-refractivity contribution in [1.82, 2.24) is 10.2 Å². The highest BCUT2D eigenvalue weighted by Crippen LogP contribution is 2.18. The second kappa shape index (κ2) is 8.57. The van der Waals surface area contributed by atoms with Crippen LogP contribution in [0.5, 0.6) is 0 Å². The van der Waals surface area contributed by atoms with Gasteiger partial charge in [0.15, 0.2) is 0 Å². The molecule has 1 atom stereocenters. The number of likely N-dealkylation sites (tertiary alicyclic amines) is 1. The van der Waals surface area contributed by atoms with E-state index in [2.05, 4.69) is 42.1 Å². The van der Waals surface area contributed by atoms with Crippen LogP contribution in [-0.4, -0.2) is 37.1 Å². The third-order valence-electron chi connectivity index (χ3n) is 4.56. The first-order valence-electron chi connectivity index (χ1n) is 8.01. The molecule has 1 aromatic rings. The van der Waals surface area contributed by atoms with Gasteiger partial charge in [0.25, 0.3) is 0 Å². The van der Waals surface area contributed by atoms with E-state index in [0.29, 0.717) is 12.1 Å². The molecule has 21 heavy (non-hydrogen) atoms. The molecule has 1 N–H and O–H groups in total. The summed E-state index contributed by atoms with van der Waals surface area (Å²) in [4.78, 5) is 2.59. The summed E-state index contributed by atoms with van der Waals surface area (Å²) in [6.45, 7) is 6.41. The third kappa shape index (κ3) is 5.14. The fraction of sp³-hybridized carbons (Fsp3) is 0.556. The predicted molar refractivity (Wildman–Crippen MR) is 92.0 cm³/mol. The van der Waals surface area contributed by atoms with Crippen LogP contribution >= 0.6 is 11.6 Å². The lowest BCUT2D eigenvalue weighted by molar-refractivity contribution is 0.162. The number of aryl methyl sites for hydroxylation is 1. The molecule has 1 aliphatic rings. The van der Waals surface area contributed by atoms with Crippen LogP contribution in [0.4, 0.5) is 0 Å². The van der Waals surface area contributed by atoms with Gasteiger partial charge in [-0.25, -0.2) is 0 Å². The van der Waals surface area contributed by atoms with E-state index in [1.165, 1.54) is 44.3 Å². The predicted octanol–water partition coefficient (Wildman–Crippen LogP) is 3.90. The summed E-state index contributed by atoms with van der Waals surface area (Å²) in [5.74, 6) is 0. The maximum absolute atomic E-state index is 5.92. The highest BCUT2D eigenvalue weighted by atomic mass is 35.5. The third-order valence-corrected chi connectivity index (χ3v) is 4.81. The van der Waals surface area contributed by atoms with Gasteiger partial charge in [-0.2, -0.15) is 0 Å². The number of piperidine rings is 1. The van der Waals surface area contributed by atoms with Crippen molar-refractivity contribution in [2.45, 2.75) is 44.2 Å². The zero-order valence-corrected chi connectivity index (χ0v) is 13.8. The van der Waals surface area contributed by atoms with Crippen molar-refractivity contribution in [2.75, 3.05) is 20.1 Å². The largest absolute Gasteiger partial charge is 0.317 e. The monoisotopic (exact) mass is 306 g/mol. The van der Waals surface area contributed by atoms with Gasteiger partial charge in [0.2, 0.25) is 0 Å². The molecule has 3 heteroatoms. The van der Waals surface area contributed by atoms with Crippen LogP contribution in [0.2, 0.25) is 5.02 Å². The van der Waals surface area contributed by atoms with Gasteiger partial charge in [-0.05, 0) is 56.8 Å². The van der Waals surface area contributed by atoms with Crippen molar-refractivity contribution < 1.29 is 0 Å². The van der Waals surface area contributed by atoms with Crippen LogP contribution in [0.3, 0.4) is 0 Å². The van der Waals surface area contributed by atoms with E-state index in [-0.39, 0.29) is 0 Å². The van der Waals surface area contributed by atoms with Gasteiger partial charge in [0.05, 0.1) is 0 Å². The Hall–Kier alpha value is -0.830. The number of benzene rings is 1. The van der Waals surface area contributed by atoms with Crippen LogP contribution in [0, 0.1) is 0 Å². The Balaban J connectivity index is 1.75. The topological polar surface area (TPSA) is 15.3 Å². The summed E-state index contributed by atoms with van der Waals surface area (Å²) in [7, 11) is 2.07. The van der Waals surface area contributed by atoms with E-state index >= 15 is 0 Å². The van der Waals surface area contributed by atoms with Crippen molar-refractivity contribution in [3.8, 4) is 0 Å². The first kappa shape index (κ1) is 16.5. The van der Waals surface area contributed by atoms with Gasteiger partial charge >= 0.3 is 0 Å². The second-order valence-electron chi connectivity index (χ2n) is 5.92. The maximum atomic E-state index is 5.92. The quantitative estimate of drug-likeness (QED) is 0.769. The molecule has 2 nitrogen and oxygen atoms in total. The Morgan fingerprint density at radius 1 is 1.33 bits per heavy atom. The van der Waals surface area contributed by atoms with Crippen LogP contribution < -0.4 is 5.32 Å². The molecular weight excluding hydrogens is 280 g/mol. The van der Waals surface area contributed by atoms with Crippen molar-refractivity contribution in [3.63, 3.8) is 0 Å². The molecule has 1 aliphatic heterocycles. The van der Waals surface area contributed by atoms with E-state index in [1.807, 2.05) is 12.1 Å². The van der Waals surface area contributed by atoms with Crippen molar-refractivity contribution in [2.24, 2.45) is 0 Å². The minimum absolute atomic E-state index is 0.523. The van der Waals surface area contributed by atoms with Crippen LogP contribution in [0.1, 0.15) is 31.2 Å². The molecule has 1 saturated heterocycles. The van der Waals surface area contributed by atoms with E-state index < -0.39 is 0 Å². The Kier molecular flexibility index (Phi) is 6.75. The Labute approximate surface area is 134 Å². The Morgan fingerprint density at radius 2 is 2.00 bits per heavy atom. The summed E-state index contributed by atoms with van der Waals surface area (Å²) in [6, 6.07) is 9.43. The summed E-state index contributed by atoms with van der Waals surface area (Å²) >= 11 is 5.92. The summed E-state index contributed by atoms with van der Waals surface area (Å²) in [5.41, 5.74) is 1.37. The summed E-state index contributed by atoms with van der Waals surface area (Å²) in [6.07, 6.45) is 8.13. The lowest BCUT2D eigenvalue weighted by atomic mass is 9.99. The number of halogens is 1. The lowest BCUT2D eigenvalue weighted by Gasteiger charge is -2.36. The van der Waals surface area contributed by atoms with E-state index in [9.17, 15) is 0 Å². The molecule has 0 aromatic heterocycles. The molecule has 0 aliphatic carbocycles. The fourth-order valence-electron chi connectivity index (χ4n) is 3.14. The first-order valence-corrected chi connectivity index (χ1v) is 8.39. The second-order valence-corrected chi connectivity index (χ2v) is 6.36. The SMILES string of the molecule is C=CC(CCCc1ccc(Cl)cc1)N1CCC(NC)CC1. The molecule has 0 saturated carbocycles. The van der Waals surface area contributed by atoms with Gasteiger partial charge in [0, 0.05) is 30.2 Å². The standard InChI is InChI=1S/C18H27ClN2/c1-3-18(21-13-11-17(20-2)12-14-21)6-4-5-15-7-9-16(19)10-8-15/h3,7-10,17-18,20H,1,4-6,11-14H2,2H3. The number of rotatable bonds is 7. The average molecular weight is 307 g/mol. The molecule has 0 radical (unpaired) electrons. The van der Waals surface area contributed by atoms with Crippen molar-refractivity contribution >= 4 is 11.6 Å². The highest BCUT2D eigenvalue weighted by molar-refractivity contribution is 6.30. The first-order chi connectivity index (χ1) is 10.2. The lowest BCUT2D eigenvalue weighted by Crippen LogP contribution is -2.45. The molecule has 0 bridgehead atoms. The molecule has 1 unspecified atom stereocenters. The molecule has 2 rings (SSSR count). The minimum Gasteiger partial charge on any atom is -0.317 e. The van der Waals surface area contributed by atoms with Crippen molar-refractivity contribution in [1.29, 1.82) is 0 Å². The molecule has 0 amide bonds. The Morgan fingerprint density at radius 3 is 2.57 bits per heavy atom. The molecule has 1 heterocycles. The number of hydrogen-bond donors (Lipinski definition) is 1. The maximum Gasteiger partial charge on any atom is 0.0406 e. The molecule has 0 spiro atoms. The number of nitrogens with one attached hydrogen (secondary N) is 1. The van der Waals surface area contributed by atoms with E-state index in [4.69, 9.17) is 11.6 Å². The highest BCUT2D eigenvalue weighted by Gasteiger charge is 2.22. The van der Waals surface area contributed by atoms with E-state index in [0.717, 1.165) is 11.4 Å². The molecule has 1 aromatic carbocycles. The van der Waals surface area contributed by atoms with Gasteiger partial charge < -0.3 is 5.32 Å². The minimum atomic E-state index is 0.523. The summed E-state index contributed by atoms with van der Waals surface area (Å²) < 4.78 is 0. The van der Waals surface area contributed by atoms with Gasteiger partial charge in [0.1, 0.15) is 0 Å². The number of hydrogen-bond acceptors (Lipinski definition) is 2. The molecular formula is C18H27ClN2.